The predicted molar refractivity (Wildman–Crippen MR) is 89.0 cm³/mol. The minimum Gasteiger partial charge on any atom is -0.0788 e. The first-order valence-corrected chi connectivity index (χ1v) is 9.19. The molecule has 0 fully saturated rings. The third kappa shape index (κ3) is 3.43. The average molecular weight is 596 g/mol. The van der Waals surface area contributed by atoms with Gasteiger partial charge in [0, 0.05) is 19.4 Å². The molecule has 0 nitrogen and oxygen atoms in total. The summed E-state index contributed by atoms with van der Waals surface area (Å²) in [6, 6.07) is 0. The lowest BCUT2D eigenvalue weighted by atomic mass is 9.87. The Bertz CT molecular complexity index is 319. The molecule has 0 heterocycles. The van der Waals surface area contributed by atoms with Crippen LogP contribution in [0.1, 0.15) is 13.3 Å². The van der Waals surface area contributed by atoms with Crippen LogP contribution >= 0.6 is 95.6 Å². The Labute approximate surface area is 140 Å². The van der Waals surface area contributed by atoms with Crippen LogP contribution in [0.3, 0.4) is 0 Å². The Morgan fingerprint density at radius 1 is 1.33 bits per heavy atom. The zero-order valence-electron chi connectivity index (χ0n) is 7.71. The molecule has 15 heavy (non-hydrogen) atoms. The number of hydrogen-bond acceptors (Lipinski definition) is 0. The maximum Gasteiger partial charge on any atom is 0.0714 e. The van der Waals surface area contributed by atoms with Crippen molar-refractivity contribution in [3.8, 4) is 0 Å². The van der Waals surface area contributed by atoms with Crippen molar-refractivity contribution in [1.82, 2.24) is 0 Å². The smallest absolute Gasteiger partial charge is 0.0714 e. The molecule has 2 atom stereocenters. The Morgan fingerprint density at radius 2 is 1.87 bits per heavy atom. The summed E-state index contributed by atoms with van der Waals surface area (Å²) in [5.41, 5.74) is 0. The molecule has 0 radical (unpaired) electrons. The lowest BCUT2D eigenvalue weighted by molar-refractivity contribution is 0.540. The Morgan fingerprint density at radius 3 is 2.33 bits per heavy atom. The molecule has 2 unspecified atom stereocenters. The van der Waals surface area contributed by atoms with E-state index in [-0.39, 0.29) is 8.06 Å². The average Bonchev–Trinajstić information content (AvgIpc) is 2.11. The minimum absolute atomic E-state index is 0.0687. The van der Waals surface area contributed by atoms with Crippen LogP contribution < -0.4 is 0 Å². The molecule has 86 valence electrons. The van der Waals surface area contributed by atoms with Crippen molar-refractivity contribution in [2.45, 2.75) is 21.4 Å². The molecule has 1 aliphatic carbocycles. The molecule has 0 saturated carbocycles. The second-order valence-corrected chi connectivity index (χ2v) is 10.8. The molecule has 0 aliphatic heterocycles. The Hall–Kier alpha value is 2.36. The van der Waals surface area contributed by atoms with Gasteiger partial charge in [0.15, 0.2) is 0 Å². The summed E-state index contributed by atoms with van der Waals surface area (Å²) in [5.74, 6) is 0.365. The van der Waals surface area contributed by atoms with Crippen molar-refractivity contribution in [3.05, 3.63) is 19.5 Å². The first kappa shape index (κ1) is 15.4. The molecule has 0 aromatic heterocycles. The fourth-order valence-corrected chi connectivity index (χ4v) is 6.40. The molecule has 1 rings (SSSR count). The van der Waals surface area contributed by atoms with Gasteiger partial charge in [-0.3, -0.25) is 0 Å². The fourth-order valence-electron chi connectivity index (χ4n) is 1.41. The molecule has 0 aromatic carbocycles. The second kappa shape index (κ2) is 6.00. The maximum atomic E-state index is 3.84. The zero-order chi connectivity index (χ0) is 11.8. The molecule has 0 saturated heterocycles. The number of alkyl halides is 3. The van der Waals surface area contributed by atoms with Crippen LogP contribution in [0.4, 0.5) is 0 Å². The highest BCUT2D eigenvalue weighted by Gasteiger charge is 2.41. The molecule has 0 amide bonds. The van der Waals surface area contributed by atoms with Crippen molar-refractivity contribution in [2.75, 3.05) is 0 Å². The van der Waals surface area contributed by atoms with E-state index < -0.39 is 0 Å². The summed E-state index contributed by atoms with van der Waals surface area (Å²) >= 11 is 21.7. The lowest BCUT2D eigenvalue weighted by Crippen LogP contribution is -2.34. The van der Waals surface area contributed by atoms with Gasteiger partial charge in [-0.1, -0.05) is 86.6 Å². The van der Waals surface area contributed by atoms with Crippen LogP contribution in [0.25, 0.3) is 0 Å². The van der Waals surface area contributed by atoms with Crippen molar-refractivity contribution in [1.29, 1.82) is 0 Å². The SMILES string of the molecule is CC1C(Br)=C(Br)C=C(Br)C1(Br)CC(Br)Br. The molecule has 0 spiro atoms. The third-order valence-corrected chi connectivity index (χ3v) is 8.25. The maximum absolute atomic E-state index is 3.84. The van der Waals surface area contributed by atoms with Gasteiger partial charge in [0.05, 0.1) is 8.06 Å². The fraction of sp³-hybridized carbons (Fsp3) is 0.556. The van der Waals surface area contributed by atoms with Crippen molar-refractivity contribution in [2.24, 2.45) is 5.92 Å². The third-order valence-electron chi connectivity index (χ3n) is 2.40. The summed E-state index contributed by atoms with van der Waals surface area (Å²) in [6.07, 6.45) is 3.03. The van der Waals surface area contributed by atoms with Crippen molar-refractivity contribution >= 4 is 95.6 Å². The van der Waals surface area contributed by atoms with Gasteiger partial charge in [-0.2, -0.15) is 0 Å². The molecule has 0 N–H and O–H groups in total. The largest absolute Gasteiger partial charge is 0.0788 e. The lowest BCUT2D eigenvalue weighted by Gasteiger charge is -2.37. The Kier molecular flexibility index (Phi) is 6.17. The highest BCUT2D eigenvalue weighted by atomic mass is 79.9. The Balaban J connectivity index is 3.08. The first-order chi connectivity index (χ1) is 6.79. The van der Waals surface area contributed by atoms with Crippen molar-refractivity contribution in [3.63, 3.8) is 0 Å². The van der Waals surface area contributed by atoms with E-state index in [0.717, 1.165) is 15.4 Å². The van der Waals surface area contributed by atoms with Gasteiger partial charge in [-0.15, -0.1) is 0 Å². The standard InChI is InChI=1S/C9H8Br6/c1-4-8(14)5(10)2-6(11)9(4,15)3-7(12)13/h2,4,7H,3H2,1H3. The van der Waals surface area contributed by atoms with Gasteiger partial charge in [-0.05, 0) is 28.4 Å². The number of hydrogen-bond donors (Lipinski definition) is 0. The summed E-state index contributed by atoms with van der Waals surface area (Å²) in [6.45, 7) is 2.19. The van der Waals surface area contributed by atoms with Gasteiger partial charge in [0.2, 0.25) is 0 Å². The molecule has 0 aromatic rings. The molecule has 0 bridgehead atoms. The summed E-state index contributed by atoms with van der Waals surface area (Å²) < 4.78 is 3.65. The van der Waals surface area contributed by atoms with E-state index in [0.29, 0.717) is 5.92 Å². The van der Waals surface area contributed by atoms with E-state index in [1.54, 1.807) is 0 Å². The predicted octanol–water partition coefficient (Wildman–Crippen LogP) is 6.56. The highest BCUT2D eigenvalue weighted by Crippen LogP contribution is 2.52. The van der Waals surface area contributed by atoms with E-state index >= 15 is 0 Å². The minimum atomic E-state index is -0.0687. The highest BCUT2D eigenvalue weighted by molar-refractivity contribution is 9.24. The van der Waals surface area contributed by atoms with Gasteiger partial charge < -0.3 is 0 Å². The van der Waals surface area contributed by atoms with Crippen LogP contribution in [-0.4, -0.2) is 8.06 Å². The number of rotatable bonds is 2. The van der Waals surface area contributed by atoms with Crippen LogP contribution in [-0.2, 0) is 0 Å². The molecular formula is C9H8Br6. The zero-order valence-corrected chi connectivity index (χ0v) is 17.2. The topological polar surface area (TPSA) is 0 Å². The normalized spacial score (nSPS) is 32.3. The van der Waals surface area contributed by atoms with E-state index in [1.807, 2.05) is 0 Å². The monoisotopic (exact) mass is 590 g/mol. The number of halogens is 6. The van der Waals surface area contributed by atoms with Gasteiger partial charge in [0.1, 0.15) is 0 Å². The summed E-state index contributed by atoms with van der Waals surface area (Å²) in [5, 5.41) is 0. The van der Waals surface area contributed by atoms with Crippen LogP contribution in [0.15, 0.2) is 19.5 Å². The second-order valence-electron chi connectivity index (χ2n) is 3.37. The molecule has 1 aliphatic rings. The van der Waals surface area contributed by atoms with Gasteiger partial charge >= 0.3 is 0 Å². The van der Waals surface area contributed by atoms with Crippen LogP contribution in [0.2, 0.25) is 0 Å². The van der Waals surface area contributed by atoms with Crippen LogP contribution in [0, 0.1) is 5.92 Å². The first-order valence-electron chi connectivity index (χ1n) is 4.19. The summed E-state index contributed by atoms with van der Waals surface area (Å²) in [7, 11) is 0. The van der Waals surface area contributed by atoms with Crippen molar-refractivity contribution < 1.29 is 0 Å². The number of allylic oxidation sites excluding steroid dienone is 4. The quantitative estimate of drug-likeness (QED) is 0.318. The molecular weight excluding hydrogens is 588 g/mol. The van der Waals surface area contributed by atoms with Crippen LogP contribution in [0.5, 0.6) is 0 Å². The van der Waals surface area contributed by atoms with E-state index in [1.165, 1.54) is 4.48 Å². The molecule has 6 heteroatoms. The van der Waals surface area contributed by atoms with E-state index in [4.69, 9.17) is 0 Å². The van der Waals surface area contributed by atoms with Gasteiger partial charge in [-0.25, -0.2) is 0 Å². The van der Waals surface area contributed by atoms with E-state index in [9.17, 15) is 0 Å². The van der Waals surface area contributed by atoms with E-state index in [2.05, 4.69) is 109 Å². The van der Waals surface area contributed by atoms with Gasteiger partial charge in [0.25, 0.3) is 0 Å². The summed E-state index contributed by atoms with van der Waals surface area (Å²) in [4.78, 5) is 0.